The Morgan fingerprint density at radius 3 is 2.74 bits per heavy atom. The number of ether oxygens (including phenoxy) is 2. The Morgan fingerprint density at radius 2 is 2.09 bits per heavy atom. The fraction of sp³-hybridized carbons (Fsp3) is 0.375. The molecule has 23 heavy (non-hydrogen) atoms. The Bertz CT molecular complexity index is 648. The standard InChI is InChI=1S/C16H19BrN2O3S/c1-10-13(15(20)22-9-8-21-3)14(18-16(23)19(10)2)11-6-4-5-7-12(11)17/h4-7,14H,8-9H2,1-3H3,(H,18,23). The van der Waals surface area contributed by atoms with Gasteiger partial charge in [0.25, 0.3) is 0 Å². The lowest BCUT2D eigenvalue weighted by molar-refractivity contribution is -0.140. The highest BCUT2D eigenvalue weighted by molar-refractivity contribution is 9.10. The van der Waals surface area contributed by atoms with Crippen LogP contribution in [0.2, 0.25) is 0 Å². The molecule has 0 aromatic heterocycles. The molecule has 2 rings (SSSR count). The van der Waals surface area contributed by atoms with Crippen LogP contribution in [-0.2, 0) is 14.3 Å². The van der Waals surface area contributed by atoms with Gasteiger partial charge in [0.1, 0.15) is 6.61 Å². The molecule has 124 valence electrons. The summed E-state index contributed by atoms with van der Waals surface area (Å²) >= 11 is 8.90. The summed E-state index contributed by atoms with van der Waals surface area (Å²) in [5.41, 5.74) is 2.25. The molecule has 0 spiro atoms. The smallest absolute Gasteiger partial charge is 0.338 e. The van der Waals surface area contributed by atoms with Gasteiger partial charge in [0.2, 0.25) is 0 Å². The molecule has 1 atom stereocenters. The summed E-state index contributed by atoms with van der Waals surface area (Å²) in [6.07, 6.45) is 0. The first kappa shape index (κ1) is 17.9. The van der Waals surface area contributed by atoms with Gasteiger partial charge in [-0.25, -0.2) is 4.79 Å². The van der Waals surface area contributed by atoms with E-state index in [0.717, 1.165) is 15.7 Å². The zero-order valence-corrected chi connectivity index (χ0v) is 15.7. The fourth-order valence-corrected chi connectivity index (χ4v) is 3.11. The van der Waals surface area contributed by atoms with E-state index < -0.39 is 0 Å². The van der Waals surface area contributed by atoms with Gasteiger partial charge in [0.15, 0.2) is 5.11 Å². The topological polar surface area (TPSA) is 50.8 Å². The monoisotopic (exact) mass is 398 g/mol. The minimum Gasteiger partial charge on any atom is -0.460 e. The number of thiocarbonyl (C=S) groups is 1. The molecule has 1 aliphatic rings. The summed E-state index contributed by atoms with van der Waals surface area (Å²) in [7, 11) is 3.39. The molecule has 0 saturated heterocycles. The van der Waals surface area contributed by atoms with Gasteiger partial charge in [-0.2, -0.15) is 0 Å². The first-order chi connectivity index (χ1) is 11.0. The molecule has 1 unspecified atom stereocenters. The minimum absolute atomic E-state index is 0.211. The van der Waals surface area contributed by atoms with Crippen LogP contribution in [0, 0.1) is 0 Å². The number of allylic oxidation sites excluding steroid dienone is 1. The third-order valence-electron chi connectivity index (χ3n) is 3.71. The molecule has 0 bridgehead atoms. The first-order valence-electron chi connectivity index (χ1n) is 7.12. The highest BCUT2D eigenvalue weighted by atomic mass is 79.9. The molecular formula is C16H19BrN2O3S. The van der Waals surface area contributed by atoms with Gasteiger partial charge in [0, 0.05) is 24.3 Å². The van der Waals surface area contributed by atoms with Gasteiger partial charge in [0.05, 0.1) is 18.2 Å². The Hall–Kier alpha value is -1.44. The summed E-state index contributed by atoms with van der Waals surface area (Å²) in [6, 6.07) is 7.37. The number of esters is 1. The van der Waals surface area contributed by atoms with Crippen molar-refractivity contribution in [2.75, 3.05) is 27.4 Å². The number of hydrogen-bond donors (Lipinski definition) is 1. The van der Waals surface area contributed by atoms with Crippen LogP contribution < -0.4 is 5.32 Å². The zero-order valence-electron chi connectivity index (χ0n) is 13.3. The van der Waals surface area contributed by atoms with Gasteiger partial charge < -0.3 is 19.7 Å². The van der Waals surface area contributed by atoms with Crippen molar-refractivity contribution in [3.63, 3.8) is 0 Å². The number of nitrogens with zero attached hydrogens (tertiary/aromatic N) is 1. The molecule has 0 radical (unpaired) electrons. The number of halogens is 1. The normalized spacial score (nSPS) is 18.0. The average molecular weight is 399 g/mol. The summed E-state index contributed by atoms with van der Waals surface area (Å²) < 4.78 is 11.2. The molecule has 1 aliphatic heterocycles. The number of benzene rings is 1. The maximum atomic E-state index is 12.6. The van der Waals surface area contributed by atoms with E-state index in [1.807, 2.05) is 38.2 Å². The van der Waals surface area contributed by atoms with Crippen molar-refractivity contribution in [1.82, 2.24) is 10.2 Å². The lowest BCUT2D eigenvalue weighted by Crippen LogP contribution is -2.46. The van der Waals surface area contributed by atoms with E-state index in [1.165, 1.54) is 0 Å². The summed E-state index contributed by atoms with van der Waals surface area (Å²) in [5, 5.41) is 3.78. The number of methoxy groups -OCH3 is 1. The molecule has 0 aliphatic carbocycles. The Balaban J connectivity index is 2.40. The third-order valence-corrected chi connectivity index (χ3v) is 4.82. The Morgan fingerprint density at radius 1 is 1.39 bits per heavy atom. The first-order valence-corrected chi connectivity index (χ1v) is 8.33. The van der Waals surface area contributed by atoms with Crippen LogP contribution in [0.15, 0.2) is 40.0 Å². The van der Waals surface area contributed by atoms with Crippen molar-refractivity contribution in [2.45, 2.75) is 13.0 Å². The predicted molar refractivity (Wildman–Crippen MR) is 95.9 cm³/mol. The second kappa shape index (κ2) is 7.90. The van der Waals surface area contributed by atoms with Gasteiger partial charge in [-0.05, 0) is 30.8 Å². The predicted octanol–water partition coefficient (Wildman–Crippen LogP) is 2.77. The summed E-state index contributed by atoms with van der Waals surface area (Å²) in [5.74, 6) is -0.373. The number of nitrogens with one attached hydrogen (secondary N) is 1. The molecule has 1 heterocycles. The lowest BCUT2D eigenvalue weighted by Gasteiger charge is -2.35. The van der Waals surface area contributed by atoms with E-state index >= 15 is 0 Å². The van der Waals surface area contributed by atoms with Gasteiger partial charge in [-0.1, -0.05) is 34.1 Å². The van der Waals surface area contributed by atoms with Crippen LogP contribution in [-0.4, -0.2) is 43.4 Å². The van der Waals surface area contributed by atoms with Gasteiger partial charge in [-0.3, -0.25) is 0 Å². The number of rotatable bonds is 5. The number of carbonyl (C=O) groups is 1. The van der Waals surface area contributed by atoms with Crippen LogP contribution in [0.3, 0.4) is 0 Å². The van der Waals surface area contributed by atoms with Crippen molar-refractivity contribution in [3.8, 4) is 0 Å². The molecule has 0 saturated carbocycles. The molecule has 1 aromatic rings. The average Bonchev–Trinajstić information content (AvgIpc) is 2.53. The van der Waals surface area contributed by atoms with Gasteiger partial charge >= 0.3 is 5.97 Å². The molecule has 7 heteroatoms. The quantitative estimate of drug-likeness (QED) is 0.467. The molecule has 1 aromatic carbocycles. The number of carbonyl (C=O) groups excluding carboxylic acids is 1. The van der Waals surface area contributed by atoms with E-state index in [1.54, 1.807) is 12.0 Å². The van der Waals surface area contributed by atoms with Crippen molar-refractivity contribution in [1.29, 1.82) is 0 Å². The minimum atomic E-state index is -0.373. The van der Waals surface area contributed by atoms with E-state index in [9.17, 15) is 4.79 Å². The second-order valence-electron chi connectivity index (χ2n) is 5.09. The van der Waals surface area contributed by atoms with E-state index in [-0.39, 0.29) is 18.6 Å². The molecule has 5 nitrogen and oxygen atoms in total. The van der Waals surface area contributed by atoms with Crippen LogP contribution >= 0.6 is 28.1 Å². The highest BCUT2D eigenvalue weighted by Gasteiger charge is 2.34. The van der Waals surface area contributed by atoms with E-state index in [0.29, 0.717) is 17.3 Å². The Labute approximate surface area is 149 Å². The summed E-state index contributed by atoms with van der Waals surface area (Å²) in [4.78, 5) is 14.3. The second-order valence-corrected chi connectivity index (χ2v) is 6.33. The van der Waals surface area contributed by atoms with Crippen LogP contribution in [0.1, 0.15) is 18.5 Å². The molecule has 1 N–H and O–H groups in total. The molecule has 0 fully saturated rings. The Kier molecular flexibility index (Phi) is 6.15. The molecule has 0 amide bonds. The molecular weight excluding hydrogens is 380 g/mol. The summed E-state index contributed by atoms with van der Waals surface area (Å²) in [6.45, 7) is 2.44. The van der Waals surface area contributed by atoms with Crippen LogP contribution in [0.4, 0.5) is 0 Å². The van der Waals surface area contributed by atoms with E-state index in [2.05, 4.69) is 21.2 Å². The van der Waals surface area contributed by atoms with Crippen molar-refractivity contribution in [3.05, 3.63) is 45.6 Å². The van der Waals surface area contributed by atoms with Crippen molar-refractivity contribution < 1.29 is 14.3 Å². The maximum Gasteiger partial charge on any atom is 0.338 e. The van der Waals surface area contributed by atoms with Crippen LogP contribution in [0.25, 0.3) is 0 Å². The van der Waals surface area contributed by atoms with Gasteiger partial charge in [-0.15, -0.1) is 0 Å². The fourth-order valence-electron chi connectivity index (χ4n) is 2.34. The maximum absolute atomic E-state index is 12.6. The SMILES string of the molecule is COCCOC(=O)C1=C(C)N(C)C(=S)NC1c1ccccc1Br. The largest absolute Gasteiger partial charge is 0.460 e. The third kappa shape index (κ3) is 3.91. The van der Waals surface area contributed by atoms with Crippen molar-refractivity contribution >= 4 is 39.2 Å². The van der Waals surface area contributed by atoms with Crippen LogP contribution in [0.5, 0.6) is 0 Å². The number of hydrogen-bond acceptors (Lipinski definition) is 4. The van der Waals surface area contributed by atoms with Crippen molar-refractivity contribution in [2.24, 2.45) is 0 Å². The van der Waals surface area contributed by atoms with E-state index in [4.69, 9.17) is 21.7 Å². The lowest BCUT2D eigenvalue weighted by atomic mass is 9.95. The highest BCUT2D eigenvalue weighted by Crippen LogP contribution is 2.34. The zero-order chi connectivity index (χ0) is 17.0.